The molecule has 3 heterocycles. The third kappa shape index (κ3) is 2.92. The monoisotopic (exact) mass is 332 g/mol. The number of rotatable bonds is 2. The van der Waals surface area contributed by atoms with E-state index in [0.717, 1.165) is 38.8 Å². The molecule has 6 heteroatoms. The molecule has 4 rings (SSSR count). The van der Waals surface area contributed by atoms with Crippen LogP contribution < -0.4 is 5.43 Å². The zero-order valence-corrected chi connectivity index (χ0v) is 14.3. The molecule has 2 amide bonds. The number of amides is 2. The predicted octanol–water partition coefficient (Wildman–Crippen LogP) is 1.45. The van der Waals surface area contributed by atoms with Crippen molar-refractivity contribution in [3.05, 3.63) is 12.4 Å². The van der Waals surface area contributed by atoms with Gasteiger partial charge in [-0.1, -0.05) is 25.7 Å². The molecule has 0 aromatic rings. The number of fused-ring (bicyclic) bond motifs is 3. The number of hydrazine groups is 1. The van der Waals surface area contributed by atoms with Gasteiger partial charge < -0.3 is 14.8 Å². The Kier molecular flexibility index (Phi) is 4.48. The Hall–Kier alpha value is -1.56. The summed E-state index contributed by atoms with van der Waals surface area (Å²) >= 11 is 0. The van der Waals surface area contributed by atoms with E-state index in [9.17, 15) is 9.59 Å². The van der Waals surface area contributed by atoms with Gasteiger partial charge in [0.1, 0.15) is 12.6 Å². The van der Waals surface area contributed by atoms with Gasteiger partial charge in [0, 0.05) is 37.4 Å². The summed E-state index contributed by atoms with van der Waals surface area (Å²) in [5, 5.41) is 1.98. The lowest BCUT2D eigenvalue weighted by Crippen LogP contribution is -2.52. The van der Waals surface area contributed by atoms with Crippen LogP contribution in [0.1, 0.15) is 51.4 Å². The molecular formula is C18H28N4O2. The number of carbonyl (C=O) groups excluding carboxylic acids is 2. The highest BCUT2D eigenvalue weighted by atomic mass is 16.2. The second-order valence-corrected chi connectivity index (χ2v) is 7.60. The number of carbonyl (C=O) groups is 2. The molecule has 132 valence electrons. The normalized spacial score (nSPS) is 33.2. The molecule has 3 unspecified atom stereocenters. The largest absolute Gasteiger partial charge is 0.341 e. The Morgan fingerprint density at radius 3 is 2.58 bits per heavy atom. The first-order chi connectivity index (χ1) is 11.7. The van der Waals surface area contributed by atoms with Crippen LogP contribution in [0.2, 0.25) is 0 Å². The summed E-state index contributed by atoms with van der Waals surface area (Å²) < 4.78 is 0. The van der Waals surface area contributed by atoms with Gasteiger partial charge in [0.15, 0.2) is 0 Å². The van der Waals surface area contributed by atoms with Gasteiger partial charge in [0.05, 0.1) is 0 Å². The molecule has 0 radical (unpaired) electrons. The highest BCUT2D eigenvalue weighted by molar-refractivity contribution is 5.89. The SMILES string of the molecule is O=C1C2C3CCCCC3NN2C=CN1CC(=O)N1CCCCCC1. The highest BCUT2D eigenvalue weighted by Gasteiger charge is 2.48. The second kappa shape index (κ2) is 6.75. The average molecular weight is 332 g/mol. The van der Waals surface area contributed by atoms with E-state index < -0.39 is 0 Å². The smallest absolute Gasteiger partial charge is 0.251 e. The van der Waals surface area contributed by atoms with Crippen LogP contribution in [0.5, 0.6) is 0 Å². The number of hydrogen-bond acceptors (Lipinski definition) is 4. The maximum absolute atomic E-state index is 13.0. The second-order valence-electron chi connectivity index (χ2n) is 7.60. The van der Waals surface area contributed by atoms with Gasteiger partial charge in [-0.3, -0.25) is 9.59 Å². The Labute approximate surface area is 143 Å². The van der Waals surface area contributed by atoms with Gasteiger partial charge in [0.25, 0.3) is 5.91 Å². The van der Waals surface area contributed by atoms with E-state index in [2.05, 4.69) is 5.43 Å². The Balaban J connectivity index is 1.42. The molecule has 24 heavy (non-hydrogen) atoms. The van der Waals surface area contributed by atoms with Gasteiger partial charge >= 0.3 is 0 Å². The number of nitrogens with zero attached hydrogens (tertiary/aromatic N) is 3. The van der Waals surface area contributed by atoms with Gasteiger partial charge in [0.2, 0.25) is 5.91 Å². The summed E-state index contributed by atoms with van der Waals surface area (Å²) in [6.07, 6.45) is 13.0. The number of likely N-dealkylation sites (tertiary alicyclic amines) is 1. The Morgan fingerprint density at radius 2 is 1.79 bits per heavy atom. The molecule has 1 N–H and O–H groups in total. The lowest BCUT2D eigenvalue weighted by Gasteiger charge is -2.35. The van der Waals surface area contributed by atoms with Gasteiger partial charge in [-0.25, -0.2) is 5.43 Å². The molecule has 2 saturated heterocycles. The van der Waals surface area contributed by atoms with E-state index in [1.54, 1.807) is 11.1 Å². The van der Waals surface area contributed by atoms with Crippen molar-refractivity contribution >= 4 is 11.8 Å². The van der Waals surface area contributed by atoms with Crippen molar-refractivity contribution in [3.63, 3.8) is 0 Å². The van der Waals surface area contributed by atoms with Crippen molar-refractivity contribution in [3.8, 4) is 0 Å². The zero-order valence-electron chi connectivity index (χ0n) is 14.3. The van der Waals surface area contributed by atoms with Crippen molar-refractivity contribution in [2.45, 2.75) is 63.5 Å². The van der Waals surface area contributed by atoms with Crippen LogP contribution in [-0.2, 0) is 9.59 Å². The maximum Gasteiger partial charge on any atom is 0.251 e. The van der Waals surface area contributed by atoms with Crippen LogP contribution in [0.25, 0.3) is 0 Å². The first-order valence-corrected chi connectivity index (χ1v) is 9.55. The first-order valence-electron chi connectivity index (χ1n) is 9.55. The summed E-state index contributed by atoms with van der Waals surface area (Å²) in [4.78, 5) is 29.2. The Bertz CT molecular complexity index is 527. The molecule has 1 saturated carbocycles. The van der Waals surface area contributed by atoms with Crippen molar-refractivity contribution in [1.82, 2.24) is 20.2 Å². The summed E-state index contributed by atoms with van der Waals surface area (Å²) in [7, 11) is 0. The van der Waals surface area contributed by atoms with E-state index in [1.807, 2.05) is 16.1 Å². The highest BCUT2D eigenvalue weighted by Crippen LogP contribution is 2.36. The number of nitrogens with one attached hydrogen (secondary N) is 1. The van der Waals surface area contributed by atoms with Crippen LogP contribution in [0.3, 0.4) is 0 Å². The standard InChI is InChI=1S/C18H28N4O2/c23-16(20-9-5-1-2-6-10-20)13-21-11-12-22-17(18(21)24)14-7-3-4-8-15(14)19-22/h11-12,14-15,17,19H,1-10,13H2. The van der Waals surface area contributed by atoms with Crippen LogP contribution in [0.4, 0.5) is 0 Å². The summed E-state index contributed by atoms with van der Waals surface area (Å²) in [6.45, 7) is 1.87. The fraction of sp³-hybridized carbons (Fsp3) is 0.778. The third-order valence-corrected chi connectivity index (χ3v) is 6.05. The van der Waals surface area contributed by atoms with Crippen molar-refractivity contribution in [1.29, 1.82) is 0 Å². The molecular weight excluding hydrogens is 304 g/mol. The van der Waals surface area contributed by atoms with Gasteiger partial charge in [-0.15, -0.1) is 0 Å². The molecule has 3 fully saturated rings. The maximum atomic E-state index is 13.0. The quantitative estimate of drug-likeness (QED) is 0.832. The van der Waals surface area contributed by atoms with E-state index in [-0.39, 0.29) is 24.4 Å². The van der Waals surface area contributed by atoms with Crippen molar-refractivity contribution in [2.75, 3.05) is 19.6 Å². The topological polar surface area (TPSA) is 55.9 Å². The fourth-order valence-electron chi connectivity index (χ4n) is 4.71. The van der Waals surface area contributed by atoms with E-state index in [1.165, 1.54) is 25.7 Å². The first kappa shape index (κ1) is 15.9. The van der Waals surface area contributed by atoms with E-state index in [0.29, 0.717) is 12.0 Å². The molecule has 3 aliphatic heterocycles. The van der Waals surface area contributed by atoms with E-state index in [4.69, 9.17) is 0 Å². The van der Waals surface area contributed by atoms with Crippen molar-refractivity contribution < 1.29 is 9.59 Å². The van der Waals surface area contributed by atoms with Gasteiger partial charge in [-0.05, 0) is 25.7 Å². The minimum atomic E-state index is -0.128. The third-order valence-electron chi connectivity index (χ3n) is 6.05. The molecule has 1 aliphatic carbocycles. The van der Waals surface area contributed by atoms with Gasteiger partial charge in [-0.2, -0.15) is 0 Å². The predicted molar refractivity (Wildman–Crippen MR) is 90.4 cm³/mol. The molecule has 0 aromatic carbocycles. The summed E-state index contributed by atoms with van der Waals surface area (Å²) in [5.41, 5.74) is 3.47. The summed E-state index contributed by atoms with van der Waals surface area (Å²) in [5.74, 6) is 0.559. The van der Waals surface area contributed by atoms with Crippen LogP contribution in [0.15, 0.2) is 12.4 Å². The van der Waals surface area contributed by atoms with Crippen molar-refractivity contribution in [2.24, 2.45) is 5.92 Å². The zero-order chi connectivity index (χ0) is 16.5. The van der Waals surface area contributed by atoms with E-state index >= 15 is 0 Å². The number of hydrogen-bond donors (Lipinski definition) is 1. The minimum absolute atomic E-state index is 0.0857. The molecule has 3 atom stereocenters. The lowest BCUT2D eigenvalue weighted by molar-refractivity contribution is -0.142. The van der Waals surface area contributed by atoms with Crippen LogP contribution in [-0.4, -0.2) is 58.3 Å². The summed E-state index contributed by atoms with van der Waals surface area (Å²) in [6, 6.07) is 0.288. The molecule has 0 aromatic heterocycles. The molecule has 4 aliphatic rings. The fourth-order valence-corrected chi connectivity index (χ4v) is 4.71. The minimum Gasteiger partial charge on any atom is -0.341 e. The van der Waals surface area contributed by atoms with Crippen LogP contribution >= 0.6 is 0 Å². The molecule has 6 nitrogen and oxygen atoms in total. The molecule has 0 bridgehead atoms. The average Bonchev–Trinajstić information content (AvgIpc) is 2.77. The lowest BCUT2D eigenvalue weighted by atomic mass is 9.81. The molecule has 0 spiro atoms. The van der Waals surface area contributed by atoms with Crippen LogP contribution in [0, 0.1) is 5.92 Å². The Morgan fingerprint density at radius 1 is 1.04 bits per heavy atom.